The van der Waals surface area contributed by atoms with Crippen molar-refractivity contribution in [3.8, 4) is 0 Å². The molecule has 0 saturated carbocycles. The molecule has 0 bridgehead atoms. The van der Waals surface area contributed by atoms with E-state index in [1.807, 2.05) is 0 Å². The Hall–Kier alpha value is -1.72. The topological polar surface area (TPSA) is 83.6 Å². The summed E-state index contributed by atoms with van der Waals surface area (Å²) in [4.78, 5) is 45.4. The van der Waals surface area contributed by atoms with E-state index in [4.69, 9.17) is 0 Å². The maximum Gasteiger partial charge on any atom is 0.248 e. The number of hydrogen-bond donors (Lipinski definition) is 1. The van der Waals surface area contributed by atoms with Gasteiger partial charge in [-0.1, -0.05) is 0 Å². The summed E-state index contributed by atoms with van der Waals surface area (Å²) in [5, 5.41) is 2.31. The quantitative estimate of drug-likeness (QED) is 0.472. The van der Waals surface area contributed by atoms with Gasteiger partial charge in [-0.05, 0) is 6.92 Å². The van der Waals surface area contributed by atoms with Gasteiger partial charge in [-0.15, -0.1) is 0 Å². The van der Waals surface area contributed by atoms with Crippen LogP contribution in [0.1, 0.15) is 19.8 Å². The van der Waals surface area contributed by atoms with Gasteiger partial charge < -0.3 is 5.32 Å². The lowest BCUT2D eigenvalue weighted by Gasteiger charge is -2.16. The number of hydrogen-bond acceptors (Lipinski definition) is 4. The number of carbonyl (C=O) groups is 4. The Morgan fingerprint density at radius 1 is 1.33 bits per heavy atom. The fraction of sp³-hybridized carbons (Fsp3) is 0.556. The average molecular weight is 212 g/mol. The van der Waals surface area contributed by atoms with Gasteiger partial charge in [0.1, 0.15) is 12.2 Å². The second-order valence-electron chi connectivity index (χ2n) is 3.34. The standard InChI is InChI=1S/C9H12N2O4/c1-6(12)2-3-11-8(14)4-7(13)10-5-9(11)15/h2-5H2,1H3,(H,10,13). The number of rotatable bonds is 3. The van der Waals surface area contributed by atoms with E-state index in [1.165, 1.54) is 6.92 Å². The van der Waals surface area contributed by atoms with Gasteiger partial charge in [0.2, 0.25) is 17.7 Å². The molecule has 1 heterocycles. The van der Waals surface area contributed by atoms with E-state index in [1.54, 1.807) is 0 Å². The van der Waals surface area contributed by atoms with Gasteiger partial charge in [0.05, 0.1) is 6.54 Å². The highest BCUT2D eigenvalue weighted by molar-refractivity contribution is 6.08. The van der Waals surface area contributed by atoms with Crippen LogP contribution in [-0.4, -0.2) is 41.5 Å². The second kappa shape index (κ2) is 4.68. The molecule has 0 radical (unpaired) electrons. The highest BCUT2D eigenvalue weighted by Crippen LogP contribution is 2.01. The van der Waals surface area contributed by atoms with Gasteiger partial charge >= 0.3 is 0 Å². The summed E-state index contributed by atoms with van der Waals surface area (Å²) in [5.74, 6) is -1.57. The minimum atomic E-state index is -0.545. The zero-order valence-electron chi connectivity index (χ0n) is 8.41. The van der Waals surface area contributed by atoms with Crippen LogP contribution in [0.2, 0.25) is 0 Å². The van der Waals surface area contributed by atoms with E-state index >= 15 is 0 Å². The summed E-state index contributed by atoms with van der Waals surface area (Å²) in [6, 6.07) is 0. The van der Waals surface area contributed by atoms with Crippen molar-refractivity contribution in [3.63, 3.8) is 0 Å². The molecular weight excluding hydrogens is 200 g/mol. The molecule has 6 heteroatoms. The molecule has 1 rings (SSSR count). The summed E-state index contributed by atoms with van der Waals surface area (Å²) in [5.41, 5.74) is 0. The monoisotopic (exact) mass is 212 g/mol. The van der Waals surface area contributed by atoms with Crippen LogP contribution in [-0.2, 0) is 19.2 Å². The average Bonchev–Trinajstić information content (AvgIpc) is 2.24. The molecular formula is C9H12N2O4. The molecule has 0 aromatic carbocycles. The van der Waals surface area contributed by atoms with Crippen molar-refractivity contribution in [3.05, 3.63) is 0 Å². The van der Waals surface area contributed by atoms with E-state index in [2.05, 4.69) is 5.32 Å². The van der Waals surface area contributed by atoms with Gasteiger partial charge in [0.15, 0.2) is 0 Å². The third-order valence-corrected chi connectivity index (χ3v) is 2.04. The van der Waals surface area contributed by atoms with Crippen LogP contribution in [0.25, 0.3) is 0 Å². The lowest BCUT2D eigenvalue weighted by molar-refractivity contribution is -0.143. The van der Waals surface area contributed by atoms with Gasteiger partial charge in [-0.2, -0.15) is 0 Å². The Morgan fingerprint density at radius 2 is 2.00 bits per heavy atom. The number of carbonyl (C=O) groups excluding carboxylic acids is 4. The lowest BCUT2D eigenvalue weighted by Crippen LogP contribution is -2.39. The molecule has 0 aromatic heterocycles. The van der Waals surface area contributed by atoms with Crippen LogP contribution in [0.3, 0.4) is 0 Å². The van der Waals surface area contributed by atoms with E-state index in [-0.39, 0.29) is 31.7 Å². The number of Topliss-reactive ketones (excluding diaryl/α,β-unsaturated/α-hetero) is 1. The zero-order valence-corrected chi connectivity index (χ0v) is 8.41. The minimum Gasteiger partial charge on any atom is -0.347 e. The fourth-order valence-corrected chi connectivity index (χ4v) is 1.22. The predicted octanol–water partition coefficient (Wildman–Crippen LogP) is -1.16. The SMILES string of the molecule is CC(=O)CCN1C(=O)CNC(=O)CC1=O. The number of amides is 3. The smallest absolute Gasteiger partial charge is 0.248 e. The maximum absolute atomic E-state index is 11.4. The Labute approximate surface area is 86.6 Å². The molecule has 82 valence electrons. The van der Waals surface area contributed by atoms with Crippen LogP contribution in [0, 0.1) is 0 Å². The first-order valence-corrected chi connectivity index (χ1v) is 4.60. The van der Waals surface area contributed by atoms with Gasteiger partial charge in [-0.3, -0.25) is 24.1 Å². The first kappa shape index (κ1) is 11.4. The number of nitrogens with one attached hydrogen (secondary N) is 1. The van der Waals surface area contributed by atoms with Crippen molar-refractivity contribution in [1.82, 2.24) is 10.2 Å². The van der Waals surface area contributed by atoms with Crippen molar-refractivity contribution in [2.45, 2.75) is 19.8 Å². The lowest BCUT2D eigenvalue weighted by atomic mass is 10.2. The van der Waals surface area contributed by atoms with Gasteiger partial charge in [0, 0.05) is 13.0 Å². The summed E-state index contributed by atoms with van der Waals surface area (Å²) in [6.07, 6.45) is -0.199. The van der Waals surface area contributed by atoms with Crippen molar-refractivity contribution >= 4 is 23.5 Å². The highest BCUT2D eigenvalue weighted by Gasteiger charge is 2.27. The maximum atomic E-state index is 11.4. The molecule has 15 heavy (non-hydrogen) atoms. The molecule has 0 spiro atoms. The molecule has 1 N–H and O–H groups in total. The first-order chi connectivity index (χ1) is 7.00. The molecule has 1 aliphatic rings. The summed E-state index contributed by atoms with van der Waals surface area (Å²) < 4.78 is 0. The molecule has 0 aromatic rings. The predicted molar refractivity (Wildman–Crippen MR) is 49.6 cm³/mol. The van der Waals surface area contributed by atoms with E-state index < -0.39 is 17.7 Å². The van der Waals surface area contributed by atoms with Gasteiger partial charge in [0.25, 0.3) is 0 Å². The molecule has 0 unspecified atom stereocenters. The third-order valence-electron chi connectivity index (χ3n) is 2.04. The number of ketones is 1. The van der Waals surface area contributed by atoms with Crippen LogP contribution < -0.4 is 5.32 Å². The van der Waals surface area contributed by atoms with E-state index in [0.29, 0.717) is 0 Å². The Balaban J connectivity index is 2.66. The summed E-state index contributed by atoms with van der Waals surface area (Å²) >= 11 is 0. The largest absolute Gasteiger partial charge is 0.347 e. The molecule has 0 aliphatic carbocycles. The van der Waals surface area contributed by atoms with Crippen LogP contribution in [0.5, 0.6) is 0 Å². The van der Waals surface area contributed by atoms with Crippen LogP contribution >= 0.6 is 0 Å². The summed E-state index contributed by atoms with van der Waals surface area (Å²) in [6.45, 7) is 1.26. The molecule has 6 nitrogen and oxygen atoms in total. The molecule has 3 amide bonds. The summed E-state index contributed by atoms with van der Waals surface area (Å²) in [7, 11) is 0. The van der Waals surface area contributed by atoms with E-state index in [9.17, 15) is 19.2 Å². The van der Waals surface area contributed by atoms with Crippen molar-refractivity contribution in [2.75, 3.05) is 13.1 Å². The van der Waals surface area contributed by atoms with Crippen molar-refractivity contribution < 1.29 is 19.2 Å². The Bertz CT molecular complexity index is 324. The second-order valence-corrected chi connectivity index (χ2v) is 3.34. The van der Waals surface area contributed by atoms with Crippen molar-refractivity contribution in [1.29, 1.82) is 0 Å². The first-order valence-electron chi connectivity index (χ1n) is 4.60. The number of nitrogens with zero attached hydrogens (tertiary/aromatic N) is 1. The van der Waals surface area contributed by atoms with Crippen LogP contribution in [0.4, 0.5) is 0 Å². The Kier molecular flexibility index (Phi) is 3.54. The molecule has 1 fully saturated rings. The van der Waals surface area contributed by atoms with Crippen molar-refractivity contribution in [2.24, 2.45) is 0 Å². The van der Waals surface area contributed by atoms with Gasteiger partial charge in [-0.25, -0.2) is 0 Å². The third kappa shape index (κ3) is 3.16. The van der Waals surface area contributed by atoms with E-state index in [0.717, 1.165) is 4.90 Å². The Morgan fingerprint density at radius 3 is 2.60 bits per heavy atom. The highest BCUT2D eigenvalue weighted by atomic mass is 16.2. The normalized spacial score (nSPS) is 17.4. The molecule has 0 atom stereocenters. The zero-order chi connectivity index (χ0) is 11.4. The molecule has 1 aliphatic heterocycles. The minimum absolute atomic E-state index is 0.0575. The number of imide groups is 1. The fourth-order valence-electron chi connectivity index (χ4n) is 1.22. The molecule has 1 saturated heterocycles. The van der Waals surface area contributed by atoms with Crippen LogP contribution in [0.15, 0.2) is 0 Å².